The van der Waals surface area contributed by atoms with Crippen LogP contribution in [0.3, 0.4) is 0 Å². The quantitative estimate of drug-likeness (QED) is 0.835. The molecule has 0 atom stereocenters. The summed E-state index contributed by atoms with van der Waals surface area (Å²) in [4.78, 5) is 12.2. The number of para-hydroxylation sites is 1. The van der Waals surface area contributed by atoms with Crippen molar-refractivity contribution in [2.45, 2.75) is 32.1 Å². The Morgan fingerprint density at radius 2 is 1.94 bits per heavy atom. The number of carbonyl (C=O) groups excluding carboxylic acids is 1. The fourth-order valence-corrected chi connectivity index (χ4v) is 2.67. The number of benzene rings is 1. The monoisotopic (exact) mass is 282 g/mol. The zero-order valence-corrected chi connectivity index (χ0v) is 10.7. The first-order valence-corrected chi connectivity index (χ1v) is 6.51. The lowest BCUT2D eigenvalue weighted by Crippen LogP contribution is -2.17. The minimum atomic E-state index is 0.0815. The Labute approximate surface area is 104 Å². The van der Waals surface area contributed by atoms with Gasteiger partial charge in [0.1, 0.15) is 5.75 Å². The molecular formula is C13H15BrO2. The van der Waals surface area contributed by atoms with E-state index in [0.29, 0.717) is 10.0 Å². The summed E-state index contributed by atoms with van der Waals surface area (Å²) in [7, 11) is 0. The molecule has 0 heterocycles. The molecule has 0 aliphatic heterocycles. The molecule has 0 bridgehead atoms. The average molecular weight is 283 g/mol. The van der Waals surface area contributed by atoms with Crippen molar-refractivity contribution in [1.29, 1.82) is 0 Å². The Bertz CT molecular complexity index is 395. The van der Waals surface area contributed by atoms with Crippen molar-refractivity contribution >= 4 is 21.7 Å². The molecule has 1 aromatic rings. The highest BCUT2D eigenvalue weighted by atomic mass is 79.9. The third kappa shape index (κ3) is 2.29. The summed E-state index contributed by atoms with van der Waals surface area (Å²) >= 11 is 3.24. The second-order valence-corrected chi connectivity index (χ2v) is 5.19. The van der Waals surface area contributed by atoms with Gasteiger partial charge in [-0.3, -0.25) is 4.79 Å². The van der Waals surface area contributed by atoms with Crippen LogP contribution in [0.4, 0.5) is 0 Å². The number of phenolic OH excluding ortho intramolecular Hbond substituents is 1. The Morgan fingerprint density at radius 1 is 1.25 bits per heavy atom. The zero-order valence-electron chi connectivity index (χ0n) is 9.08. The molecule has 0 radical (unpaired) electrons. The third-order valence-corrected chi connectivity index (χ3v) is 3.87. The molecule has 0 amide bonds. The van der Waals surface area contributed by atoms with Crippen LogP contribution in [0, 0.1) is 5.92 Å². The molecule has 0 spiro atoms. The predicted molar refractivity (Wildman–Crippen MR) is 66.7 cm³/mol. The molecule has 16 heavy (non-hydrogen) atoms. The number of Topliss-reactive ketones (excluding diaryl/α,β-unsaturated/α-hetero) is 1. The normalized spacial score (nSPS) is 17.3. The van der Waals surface area contributed by atoms with Crippen LogP contribution in [0.25, 0.3) is 0 Å². The third-order valence-electron chi connectivity index (χ3n) is 3.23. The summed E-state index contributed by atoms with van der Waals surface area (Å²) in [6.45, 7) is 0. The molecule has 1 aliphatic carbocycles. The molecular weight excluding hydrogens is 268 g/mol. The van der Waals surface area contributed by atoms with E-state index in [1.807, 2.05) is 0 Å². The van der Waals surface area contributed by atoms with Crippen LogP contribution in [0.2, 0.25) is 0 Å². The van der Waals surface area contributed by atoms with Crippen molar-refractivity contribution in [3.05, 3.63) is 28.2 Å². The van der Waals surface area contributed by atoms with Gasteiger partial charge in [-0.05, 0) is 40.9 Å². The molecule has 1 N–H and O–H groups in total. The highest BCUT2D eigenvalue weighted by Crippen LogP contribution is 2.33. The lowest BCUT2D eigenvalue weighted by Gasteiger charge is -2.20. The molecule has 3 heteroatoms. The van der Waals surface area contributed by atoms with Crippen LogP contribution in [-0.4, -0.2) is 10.9 Å². The smallest absolute Gasteiger partial charge is 0.169 e. The van der Waals surface area contributed by atoms with Gasteiger partial charge in [0.05, 0.1) is 10.0 Å². The van der Waals surface area contributed by atoms with E-state index in [1.165, 1.54) is 6.42 Å². The first-order valence-electron chi connectivity index (χ1n) is 5.72. The molecule has 86 valence electrons. The summed E-state index contributed by atoms with van der Waals surface area (Å²) in [5.41, 5.74) is 0.460. The number of hydrogen-bond donors (Lipinski definition) is 1. The number of halogens is 1. The summed E-state index contributed by atoms with van der Waals surface area (Å²) in [5, 5.41) is 9.83. The zero-order chi connectivity index (χ0) is 11.5. The molecule has 1 saturated carbocycles. The molecule has 0 unspecified atom stereocenters. The molecule has 2 nitrogen and oxygen atoms in total. The van der Waals surface area contributed by atoms with Gasteiger partial charge in [0.25, 0.3) is 0 Å². The molecule has 1 aromatic carbocycles. The van der Waals surface area contributed by atoms with Gasteiger partial charge in [0, 0.05) is 5.92 Å². The van der Waals surface area contributed by atoms with E-state index >= 15 is 0 Å². The highest BCUT2D eigenvalue weighted by Gasteiger charge is 2.24. The van der Waals surface area contributed by atoms with E-state index in [1.54, 1.807) is 18.2 Å². The Kier molecular flexibility index (Phi) is 3.64. The van der Waals surface area contributed by atoms with Gasteiger partial charge in [0.2, 0.25) is 0 Å². The predicted octanol–water partition coefficient (Wildman–Crippen LogP) is 3.92. The maximum Gasteiger partial charge on any atom is 0.169 e. The SMILES string of the molecule is O=C(c1cccc(Br)c1O)C1CCCCC1. The topological polar surface area (TPSA) is 37.3 Å². The number of ketones is 1. The van der Waals surface area contributed by atoms with Crippen LogP contribution in [0.1, 0.15) is 42.5 Å². The average Bonchev–Trinajstić information content (AvgIpc) is 2.33. The van der Waals surface area contributed by atoms with Crippen LogP contribution < -0.4 is 0 Å². The number of carbonyl (C=O) groups is 1. The van der Waals surface area contributed by atoms with E-state index < -0.39 is 0 Å². The second-order valence-electron chi connectivity index (χ2n) is 4.34. The Balaban J connectivity index is 2.22. The maximum atomic E-state index is 12.2. The van der Waals surface area contributed by atoms with Crippen molar-refractivity contribution in [3.8, 4) is 5.75 Å². The van der Waals surface area contributed by atoms with Crippen molar-refractivity contribution in [2.24, 2.45) is 5.92 Å². The van der Waals surface area contributed by atoms with E-state index in [4.69, 9.17) is 0 Å². The van der Waals surface area contributed by atoms with Gasteiger partial charge in [-0.2, -0.15) is 0 Å². The van der Waals surface area contributed by atoms with E-state index in [2.05, 4.69) is 15.9 Å². The fraction of sp³-hybridized carbons (Fsp3) is 0.462. The van der Waals surface area contributed by atoms with Crippen LogP contribution in [0.15, 0.2) is 22.7 Å². The largest absolute Gasteiger partial charge is 0.506 e. The number of phenols is 1. The van der Waals surface area contributed by atoms with Crippen LogP contribution >= 0.6 is 15.9 Å². The van der Waals surface area contributed by atoms with Gasteiger partial charge >= 0.3 is 0 Å². The lowest BCUT2D eigenvalue weighted by molar-refractivity contribution is 0.0886. The van der Waals surface area contributed by atoms with Crippen LogP contribution in [-0.2, 0) is 0 Å². The summed E-state index contributed by atoms with van der Waals surface area (Å²) in [6, 6.07) is 5.24. The molecule has 2 rings (SSSR count). The Morgan fingerprint density at radius 3 is 2.62 bits per heavy atom. The summed E-state index contributed by atoms with van der Waals surface area (Å²) in [5.74, 6) is 0.283. The maximum absolute atomic E-state index is 12.2. The van der Waals surface area contributed by atoms with Crippen molar-refractivity contribution < 1.29 is 9.90 Å². The Hall–Kier alpha value is -0.830. The standard InChI is InChI=1S/C13H15BrO2/c14-11-8-4-7-10(13(11)16)12(15)9-5-2-1-3-6-9/h4,7-9,16H,1-3,5-6H2. The van der Waals surface area contributed by atoms with Crippen molar-refractivity contribution in [3.63, 3.8) is 0 Å². The first-order chi connectivity index (χ1) is 7.70. The molecule has 1 aliphatic rings. The molecule has 0 aromatic heterocycles. The first kappa shape index (κ1) is 11.6. The van der Waals surface area contributed by atoms with Gasteiger partial charge in [-0.25, -0.2) is 0 Å². The summed E-state index contributed by atoms with van der Waals surface area (Å²) in [6.07, 6.45) is 5.42. The van der Waals surface area contributed by atoms with E-state index in [9.17, 15) is 9.90 Å². The second kappa shape index (κ2) is 5.00. The van der Waals surface area contributed by atoms with Gasteiger partial charge < -0.3 is 5.11 Å². The van der Waals surface area contributed by atoms with Crippen molar-refractivity contribution in [2.75, 3.05) is 0 Å². The van der Waals surface area contributed by atoms with Gasteiger partial charge in [-0.15, -0.1) is 0 Å². The minimum Gasteiger partial charge on any atom is -0.506 e. The lowest BCUT2D eigenvalue weighted by atomic mass is 9.84. The molecule has 0 saturated heterocycles. The van der Waals surface area contributed by atoms with E-state index in [0.717, 1.165) is 25.7 Å². The number of hydrogen-bond acceptors (Lipinski definition) is 2. The highest BCUT2D eigenvalue weighted by molar-refractivity contribution is 9.10. The van der Waals surface area contributed by atoms with E-state index in [-0.39, 0.29) is 17.5 Å². The summed E-state index contributed by atoms with van der Waals surface area (Å²) < 4.78 is 0.592. The molecule has 1 fully saturated rings. The van der Waals surface area contributed by atoms with Crippen LogP contribution in [0.5, 0.6) is 5.75 Å². The van der Waals surface area contributed by atoms with Gasteiger partial charge in [0.15, 0.2) is 5.78 Å². The minimum absolute atomic E-state index is 0.0815. The van der Waals surface area contributed by atoms with Crippen molar-refractivity contribution in [1.82, 2.24) is 0 Å². The number of rotatable bonds is 2. The fourth-order valence-electron chi connectivity index (χ4n) is 2.30. The number of aromatic hydroxyl groups is 1. The van der Waals surface area contributed by atoms with Gasteiger partial charge in [-0.1, -0.05) is 25.3 Å².